The molecule has 1 amide bonds. The molecule has 0 aromatic carbocycles. The van der Waals surface area contributed by atoms with Gasteiger partial charge in [-0.25, -0.2) is 0 Å². The molecule has 0 radical (unpaired) electrons. The minimum Gasteiger partial charge on any atom is -0.374 e. The summed E-state index contributed by atoms with van der Waals surface area (Å²) in [6, 6.07) is 0. The zero-order valence-corrected chi connectivity index (χ0v) is 12.5. The van der Waals surface area contributed by atoms with Gasteiger partial charge in [-0.1, -0.05) is 6.92 Å². The molecule has 4 unspecified atom stereocenters. The maximum absolute atomic E-state index is 12.5. The smallest absolute Gasteiger partial charge is 0.228 e. The Morgan fingerprint density at radius 2 is 1.89 bits per heavy atom. The highest BCUT2D eigenvalue weighted by molar-refractivity contribution is 6.21. The molecule has 0 aromatic rings. The van der Waals surface area contributed by atoms with Gasteiger partial charge in [0.1, 0.15) is 0 Å². The van der Waals surface area contributed by atoms with Crippen LogP contribution in [-0.2, 0) is 9.53 Å². The first-order chi connectivity index (χ1) is 8.40. The maximum atomic E-state index is 12.5. The van der Waals surface area contributed by atoms with Crippen LogP contribution in [0.3, 0.4) is 0 Å². The Kier molecular flexibility index (Phi) is 4.22. The van der Waals surface area contributed by atoms with Gasteiger partial charge < -0.3 is 9.64 Å². The number of ether oxygens (including phenoxy) is 1. The number of halogens is 1. The first kappa shape index (κ1) is 14.1. The highest BCUT2D eigenvalue weighted by atomic mass is 35.5. The van der Waals surface area contributed by atoms with Gasteiger partial charge in [-0.3, -0.25) is 4.79 Å². The van der Waals surface area contributed by atoms with Crippen LogP contribution in [0, 0.1) is 17.8 Å². The molecule has 1 heterocycles. The summed E-state index contributed by atoms with van der Waals surface area (Å²) in [5.74, 6) is 1.14. The van der Waals surface area contributed by atoms with Gasteiger partial charge >= 0.3 is 0 Å². The number of alkyl halides is 1. The van der Waals surface area contributed by atoms with Crippen molar-refractivity contribution in [3.63, 3.8) is 0 Å². The lowest BCUT2D eigenvalue weighted by atomic mass is 9.83. The number of hydrogen-bond donors (Lipinski definition) is 0. The third kappa shape index (κ3) is 2.67. The van der Waals surface area contributed by atoms with Crippen molar-refractivity contribution in [3.05, 3.63) is 0 Å². The Morgan fingerprint density at radius 1 is 1.28 bits per heavy atom. The van der Waals surface area contributed by atoms with E-state index in [1.165, 1.54) is 0 Å². The second-order valence-corrected chi connectivity index (χ2v) is 6.70. The Labute approximate surface area is 115 Å². The van der Waals surface area contributed by atoms with Gasteiger partial charge in [0.25, 0.3) is 0 Å². The minimum absolute atomic E-state index is 0.0110. The summed E-state index contributed by atoms with van der Waals surface area (Å²) in [4.78, 5) is 14.4. The normalized spacial score (nSPS) is 43.6. The summed E-state index contributed by atoms with van der Waals surface area (Å²) < 4.78 is 5.75. The molecular formula is C14H24ClNO2. The molecule has 0 bridgehead atoms. The van der Waals surface area contributed by atoms with Gasteiger partial charge in [-0.05, 0) is 38.5 Å². The van der Waals surface area contributed by atoms with Crippen molar-refractivity contribution in [3.8, 4) is 0 Å². The van der Waals surface area contributed by atoms with Crippen molar-refractivity contribution in [2.24, 2.45) is 17.8 Å². The monoisotopic (exact) mass is 273 g/mol. The third-order valence-corrected chi connectivity index (χ3v) is 4.97. The summed E-state index contributed by atoms with van der Waals surface area (Å²) >= 11 is 5.98. The van der Waals surface area contributed by atoms with Crippen LogP contribution in [0.5, 0.6) is 0 Å². The standard InChI is InChI=1S/C14H24ClNO2/c1-8-9(2)18-10(3)13(8)14(17)16(4)7-11-5-12(15)6-11/h8-13H,5-7H2,1-4H3. The molecule has 104 valence electrons. The molecule has 3 nitrogen and oxygen atoms in total. The van der Waals surface area contributed by atoms with E-state index in [-0.39, 0.29) is 24.0 Å². The van der Waals surface area contributed by atoms with Crippen molar-refractivity contribution >= 4 is 17.5 Å². The molecule has 2 fully saturated rings. The van der Waals surface area contributed by atoms with Gasteiger partial charge in [0.2, 0.25) is 5.91 Å². The van der Waals surface area contributed by atoms with E-state index in [4.69, 9.17) is 16.3 Å². The van der Waals surface area contributed by atoms with Crippen molar-refractivity contribution in [1.29, 1.82) is 0 Å². The van der Waals surface area contributed by atoms with Crippen LogP contribution in [0.4, 0.5) is 0 Å². The zero-order chi connectivity index (χ0) is 13.4. The highest BCUT2D eigenvalue weighted by Crippen LogP contribution is 2.35. The Morgan fingerprint density at radius 3 is 2.33 bits per heavy atom. The van der Waals surface area contributed by atoms with E-state index >= 15 is 0 Å². The van der Waals surface area contributed by atoms with E-state index in [0.717, 1.165) is 19.4 Å². The van der Waals surface area contributed by atoms with Crippen molar-refractivity contribution in [1.82, 2.24) is 4.90 Å². The van der Waals surface area contributed by atoms with Gasteiger partial charge in [-0.15, -0.1) is 11.6 Å². The van der Waals surface area contributed by atoms with Gasteiger partial charge in [0.15, 0.2) is 0 Å². The zero-order valence-electron chi connectivity index (χ0n) is 11.7. The van der Waals surface area contributed by atoms with Crippen LogP contribution in [0.15, 0.2) is 0 Å². The van der Waals surface area contributed by atoms with Crippen LogP contribution in [0.2, 0.25) is 0 Å². The van der Waals surface area contributed by atoms with Crippen LogP contribution in [0.25, 0.3) is 0 Å². The quantitative estimate of drug-likeness (QED) is 0.740. The second-order valence-electron chi connectivity index (χ2n) is 6.08. The molecular weight excluding hydrogens is 250 g/mol. The summed E-state index contributed by atoms with van der Waals surface area (Å²) in [5, 5.41) is 0.325. The molecule has 0 N–H and O–H groups in total. The number of amides is 1. The molecule has 4 heteroatoms. The van der Waals surface area contributed by atoms with Crippen molar-refractivity contribution in [2.75, 3.05) is 13.6 Å². The van der Waals surface area contributed by atoms with E-state index < -0.39 is 0 Å². The lowest BCUT2D eigenvalue weighted by Crippen LogP contribution is -2.43. The average Bonchev–Trinajstić information content (AvgIpc) is 2.50. The molecule has 1 saturated heterocycles. The van der Waals surface area contributed by atoms with Gasteiger partial charge in [-0.2, -0.15) is 0 Å². The van der Waals surface area contributed by atoms with E-state index in [0.29, 0.717) is 17.2 Å². The molecule has 1 aliphatic heterocycles. The molecule has 0 aromatic heterocycles. The predicted molar refractivity (Wildman–Crippen MR) is 72.7 cm³/mol. The summed E-state index contributed by atoms with van der Waals surface area (Å²) in [6.07, 6.45) is 2.30. The van der Waals surface area contributed by atoms with E-state index in [2.05, 4.69) is 13.8 Å². The van der Waals surface area contributed by atoms with E-state index in [1.807, 2.05) is 18.9 Å². The number of rotatable bonds is 3. The number of hydrogen-bond acceptors (Lipinski definition) is 2. The van der Waals surface area contributed by atoms with Crippen LogP contribution in [-0.4, -0.2) is 42.0 Å². The number of nitrogens with zero attached hydrogens (tertiary/aromatic N) is 1. The topological polar surface area (TPSA) is 29.5 Å². The number of carbonyl (C=O) groups excluding carboxylic acids is 1. The molecule has 18 heavy (non-hydrogen) atoms. The Balaban J connectivity index is 1.90. The van der Waals surface area contributed by atoms with Gasteiger partial charge in [0.05, 0.1) is 18.1 Å². The Hall–Kier alpha value is -0.280. The third-order valence-electron chi connectivity index (χ3n) is 4.61. The van der Waals surface area contributed by atoms with E-state index in [1.54, 1.807) is 0 Å². The molecule has 2 aliphatic rings. The first-order valence-corrected chi connectivity index (χ1v) is 7.38. The average molecular weight is 274 g/mol. The lowest BCUT2D eigenvalue weighted by Gasteiger charge is -2.35. The second kappa shape index (κ2) is 5.38. The van der Waals surface area contributed by atoms with Gasteiger partial charge in [0, 0.05) is 19.0 Å². The van der Waals surface area contributed by atoms with Crippen molar-refractivity contribution in [2.45, 2.75) is 51.2 Å². The fourth-order valence-electron chi connectivity index (χ4n) is 3.23. The first-order valence-electron chi connectivity index (χ1n) is 6.94. The molecule has 2 rings (SSSR count). The van der Waals surface area contributed by atoms with Crippen LogP contribution < -0.4 is 0 Å². The Bertz CT molecular complexity index is 317. The fraction of sp³-hybridized carbons (Fsp3) is 0.929. The SMILES string of the molecule is CC1OC(C)C(C(=O)N(C)CC2CC(Cl)C2)C1C. The summed E-state index contributed by atoms with van der Waals surface area (Å²) in [7, 11) is 1.91. The number of carbonyl (C=O) groups is 1. The molecule has 4 atom stereocenters. The summed E-state index contributed by atoms with van der Waals surface area (Å²) in [5.41, 5.74) is 0. The highest BCUT2D eigenvalue weighted by Gasteiger charge is 2.43. The minimum atomic E-state index is 0.0110. The van der Waals surface area contributed by atoms with Crippen molar-refractivity contribution < 1.29 is 9.53 Å². The molecule has 0 spiro atoms. The maximum Gasteiger partial charge on any atom is 0.228 e. The van der Waals surface area contributed by atoms with E-state index in [9.17, 15) is 4.79 Å². The molecule has 1 saturated carbocycles. The largest absolute Gasteiger partial charge is 0.374 e. The lowest BCUT2D eigenvalue weighted by molar-refractivity contribution is -0.137. The predicted octanol–water partition coefficient (Wildman–Crippen LogP) is 2.52. The van der Waals surface area contributed by atoms with Crippen LogP contribution >= 0.6 is 11.6 Å². The molecule has 1 aliphatic carbocycles. The summed E-state index contributed by atoms with van der Waals surface area (Å²) in [6.45, 7) is 7.02. The van der Waals surface area contributed by atoms with Crippen LogP contribution in [0.1, 0.15) is 33.6 Å². The fourth-order valence-corrected chi connectivity index (χ4v) is 3.73.